The van der Waals surface area contributed by atoms with Gasteiger partial charge in [0.15, 0.2) is 0 Å². The number of carbonyl (C=O) groups is 1. The van der Waals surface area contributed by atoms with Gasteiger partial charge in [-0.1, -0.05) is 0 Å². The largest absolute Gasteiger partial charge is 0.378 e. The molecule has 0 radical (unpaired) electrons. The summed E-state index contributed by atoms with van der Waals surface area (Å²) in [7, 11) is 0. The molecule has 1 aromatic rings. The summed E-state index contributed by atoms with van der Waals surface area (Å²) in [6.07, 6.45) is 1.60. The van der Waals surface area contributed by atoms with Crippen molar-refractivity contribution >= 4 is 5.91 Å². The minimum atomic E-state index is -0.259. The highest BCUT2D eigenvalue weighted by atomic mass is 16.5. The van der Waals surface area contributed by atoms with E-state index in [9.17, 15) is 4.79 Å². The number of nitrogens with one attached hydrogen (secondary N) is 2. The number of hydrogen-bond donors (Lipinski definition) is 2. The van der Waals surface area contributed by atoms with E-state index in [1.54, 1.807) is 12.3 Å². The standard InChI is InChI=1S/C10H14N4O2/c15-10(9-7-16-5-4-11-9)12-6-8-2-1-3-13-14-8/h1-3,9,11H,4-7H2,(H,12,15). The summed E-state index contributed by atoms with van der Waals surface area (Å²) in [4.78, 5) is 11.7. The summed E-state index contributed by atoms with van der Waals surface area (Å²) in [5, 5.41) is 13.5. The van der Waals surface area contributed by atoms with Gasteiger partial charge in [-0.3, -0.25) is 4.79 Å². The Morgan fingerprint density at radius 2 is 2.62 bits per heavy atom. The summed E-state index contributed by atoms with van der Waals surface area (Å²) in [5.41, 5.74) is 0.743. The second kappa shape index (κ2) is 5.53. The zero-order chi connectivity index (χ0) is 11.2. The van der Waals surface area contributed by atoms with E-state index < -0.39 is 0 Å². The first kappa shape index (κ1) is 11.0. The zero-order valence-electron chi connectivity index (χ0n) is 8.85. The van der Waals surface area contributed by atoms with Crippen LogP contribution in [0.15, 0.2) is 18.3 Å². The molecule has 0 bridgehead atoms. The quantitative estimate of drug-likeness (QED) is 0.692. The summed E-state index contributed by atoms with van der Waals surface area (Å²) < 4.78 is 5.20. The van der Waals surface area contributed by atoms with Crippen molar-refractivity contribution in [2.45, 2.75) is 12.6 Å². The van der Waals surface area contributed by atoms with Crippen LogP contribution in [0, 0.1) is 0 Å². The van der Waals surface area contributed by atoms with Crippen molar-refractivity contribution in [1.82, 2.24) is 20.8 Å². The monoisotopic (exact) mass is 222 g/mol. The van der Waals surface area contributed by atoms with E-state index in [1.807, 2.05) is 6.07 Å². The summed E-state index contributed by atoms with van der Waals surface area (Å²) in [6.45, 7) is 2.19. The van der Waals surface area contributed by atoms with Crippen LogP contribution in [0.5, 0.6) is 0 Å². The first-order valence-corrected chi connectivity index (χ1v) is 5.21. The first-order valence-electron chi connectivity index (χ1n) is 5.21. The maximum atomic E-state index is 11.7. The molecule has 0 saturated carbocycles. The van der Waals surface area contributed by atoms with Crippen molar-refractivity contribution in [3.05, 3.63) is 24.0 Å². The molecule has 1 aliphatic rings. The van der Waals surface area contributed by atoms with Gasteiger partial charge in [-0.2, -0.15) is 10.2 Å². The Kier molecular flexibility index (Phi) is 3.79. The molecule has 2 rings (SSSR count). The Balaban J connectivity index is 1.79. The van der Waals surface area contributed by atoms with Crippen LogP contribution in [-0.2, 0) is 16.1 Å². The van der Waals surface area contributed by atoms with Gasteiger partial charge in [-0.15, -0.1) is 0 Å². The van der Waals surface area contributed by atoms with E-state index in [-0.39, 0.29) is 11.9 Å². The molecule has 86 valence electrons. The smallest absolute Gasteiger partial charge is 0.239 e. The normalized spacial score (nSPS) is 20.4. The summed E-state index contributed by atoms with van der Waals surface area (Å²) >= 11 is 0. The lowest BCUT2D eigenvalue weighted by Gasteiger charge is -2.22. The average Bonchev–Trinajstić information content (AvgIpc) is 2.38. The van der Waals surface area contributed by atoms with Gasteiger partial charge in [0.05, 0.1) is 25.5 Å². The molecule has 2 N–H and O–H groups in total. The second-order valence-corrected chi connectivity index (χ2v) is 3.51. The number of rotatable bonds is 3. The predicted octanol–water partition coefficient (Wildman–Crippen LogP) is -0.919. The number of nitrogens with zero attached hydrogens (tertiary/aromatic N) is 2. The van der Waals surface area contributed by atoms with Gasteiger partial charge < -0.3 is 15.4 Å². The Labute approximate surface area is 93.4 Å². The van der Waals surface area contributed by atoms with Crippen molar-refractivity contribution in [2.75, 3.05) is 19.8 Å². The number of carbonyl (C=O) groups excluding carboxylic acids is 1. The zero-order valence-corrected chi connectivity index (χ0v) is 8.85. The van der Waals surface area contributed by atoms with Crippen LogP contribution in [0.25, 0.3) is 0 Å². The highest BCUT2D eigenvalue weighted by molar-refractivity contribution is 5.81. The highest BCUT2D eigenvalue weighted by Crippen LogP contribution is 1.95. The predicted molar refractivity (Wildman–Crippen MR) is 56.5 cm³/mol. The molecule has 1 saturated heterocycles. The molecule has 1 unspecified atom stereocenters. The fraction of sp³-hybridized carbons (Fsp3) is 0.500. The van der Waals surface area contributed by atoms with E-state index in [4.69, 9.17) is 4.74 Å². The topological polar surface area (TPSA) is 76.1 Å². The van der Waals surface area contributed by atoms with Gasteiger partial charge in [-0.05, 0) is 12.1 Å². The van der Waals surface area contributed by atoms with Crippen LogP contribution in [0.1, 0.15) is 5.69 Å². The minimum absolute atomic E-state index is 0.0645. The van der Waals surface area contributed by atoms with Crippen LogP contribution in [0.4, 0.5) is 0 Å². The molecule has 16 heavy (non-hydrogen) atoms. The number of aromatic nitrogens is 2. The van der Waals surface area contributed by atoms with Gasteiger partial charge in [0.2, 0.25) is 5.91 Å². The molecular weight excluding hydrogens is 208 g/mol. The molecule has 1 amide bonds. The van der Waals surface area contributed by atoms with Crippen LogP contribution in [0.2, 0.25) is 0 Å². The second-order valence-electron chi connectivity index (χ2n) is 3.51. The lowest BCUT2D eigenvalue weighted by atomic mass is 10.2. The Morgan fingerprint density at radius 1 is 1.69 bits per heavy atom. The van der Waals surface area contributed by atoms with Crippen LogP contribution in [-0.4, -0.2) is 41.9 Å². The molecular formula is C10H14N4O2. The molecule has 1 aliphatic heterocycles. The molecule has 0 aliphatic carbocycles. The molecule has 2 heterocycles. The van der Waals surface area contributed by atoms with E-state index >= 15 is 0 Å². The van der Waals surface area contributed by atoms with Gasteiger partial charge in [0, 0.05) is 12.7 Å². The molecule has 1 fully saturated rings. The molecule has 0 spiro atoms. The first-order chi connectivity index (χ1) is 7.86. The maximum absolute atomic E-state index is 11.7. The van der Waals surface area contributed by atoms with E-state index in [0.29, 0.717) is 26.3 Å². The lowest BCUT2D eigenvalue weighted by Crippen LogP contribution is -2.51. The number of hydrogen-bond acceptors (Lipinski definition) is 5. The third kappa shape index (κ3) is 2.98. The van der Waals surface area contributed by atoms with Crippen molar-refractivity contribution < 1.29 is 9.53 Å². The lowest BCUT2D eigenvalue weighted by molar-refractivity contribution is -0.126. The number of amides is 1. The fourth-order valence-electron chi connectivity index (χ4n) is 1.46. The minimum Gasteiger partial charge on any atom is -0.378 e. The van der Waals surface area contributed by atoms with Crippen LogP contribution < -0.4 is 10.6 Å². The van der Waals surface area contributed by atoms with Gasteiger partial charge in [0.1, 0.15) is 6.04 Å². The van der Waals surface area contributed by atoms with Crippen molar-refractivity contribution in [1.29, 1.82) is 0 Å². The SMILES string of the molecule is O=C(NCc1cccnn1)C1COCCN1. The van der Waals surface area contributed by atoms with Crippen molar-refractivity contribution in [2.24, 2.45) is 0 Å². The highest BCUT2D eigenvalue weighted by Gasteiger charge is 2.20. The van der Waals surface area contributed by atoms with E-state index in [1.165, 1.54) is 0 Å². The third-order valence-electron chi connectivity index (χ3n) is 2.31. The van der Waals surface area contributed by atoms with Crippen LogP contribution >= 0.6 is 0 Å². The van der Waals surface area contributed by atoms with Crippen LogP contribution in [0.3, 0.4) is 0 Å². The Hall–Kier alpha value is -1.53. The molecule has 6 heteroatoms. The van der Waals surface area contributed by atoms with Gasteiger partial charge >= 0.3 is 0 Å². The number of morpholine rings is 1. The maximum Gasteiger partial charge on any atom is 0.239 e. The summed E-state index contributed by atoms with van der Waals surface area (Å²) in [6, 6.07) is 3.35. The van der Waals surface area contributed by atoms with E-state index in [2.05, 4.69) is 20.8 Å². The average molecular weight is 222 g/mol. The fourth-order valence-corrected chi connectivity index (χ4v) is 1.46. The van der Waals surface area contributed by atoms with Gasteiger partial charge in [0.25, 0.3) is 0 Å². The van der Waals surface area contributed by atoms with Crippen molar-refractivity contribution in [3.8, 4) is 0 Å². The molecule has 1 aromatic heterocycles. The molecule has 0 aromatic carbocycles. The molecule has 6 nitrogen and oxygen atoms in total. The van der Waals surface area contributed by atoms with Crippen molar-refractivity contribution in [3.63, 3.8) is 0 Å². The van der Waals surface area contributed by atoms with Gasteiger partial charge in [-0.25, -0.2) is 0 Å². The summed E-state index contributed by atoms with van der Waals surface area (Å²) in [5.74, 6) is -0.0645. The van der Waals surface area contributed by atoms with E-state index in [0.717, 1.165) is 5.69 Å². The Bertz CT molecular complexity index is 338. The molecule has 1 atom stereocenters. The third-order valence-corrected chi connectivity index (χ3v) is 2.31. The Morgan fingerprint density at radius 3 is 3.31 bits per heavy atom. The number of ether oxygens (including phenoxy) is 1.